The number of aliphatic hydroxyl groups excluding tert-OH is 1. The maximum absolute atomic E-state index is 12.6. The number of nitrogens with zero attached hydrogens (tertiary/aromatic N) is 2. The lowest BCUT2D eigenvalue weighted by Crippen LogP contribution is -2.41. The fourth-order valence-corrected chi connectivity index (χ4v) is 3.59. The zero-order valence-electron chi connectivity index (χ0n) is 16.1. The topological polar surface area (TPSA) is 87.9 Å². The number of rotatable bonds is 7. The molecule has 1 heterocycles. The predicted molar refractivity (Wildman–Crippen MR) is 104 cm³/mol. The Morgan fingerprint density at radius 3 is 2.73 bits per heavy atom. The SMILES string of the molecule is O=[N+]([O-])c1cc(CO)ccc1NC1CCCN(Cc2ccccc2OC(F)(F)F)C1. The number of likely N-dealkylation sites (tertiary alicyclic amines) is 1. The van der Waals surface area contributed by atoms with Crippen molar-refractivity contribution in [2.24, 2.45) is 0 Å². The quantitative estimate of drug-likeness (QED) is 0.514. The number of anilines is 1. The van der Waals surface area contributed by atoms with Crippen molar-refractivity contribution in [1.82, 2.24) is 4.90 Å². The Bertz CT molecular complexity index is 892. The number of benzene rings is 2. The Balaban J connectivity index is 1.69. The van der Waals surface area contributed by atoms with Gasteiger partial charge in [-0.3, -0.25) is 15.0 Å². The molecule has 1 saturated heterocycles. The Hall–Kier alpha value is -2.85. The summed E-state index contributed by atoms with van der Waals surface area (Å²) in [6, 6.07) is 10.4. The van der Waals surface area contributed by atoms with Crippen molar-refractivity contribution in [2.45, 2.75) is 38.4 Å². The fraction of sp³-hybridized carbons (Fsp3) is 0.400. The van der Waals surface area contributed by atoms with E-state index >= 15 is 0 Å². The van der Waals surface area contributed by atoms with Crippen LogP contribution in [0.25, 0.3) is 0 Å². The molecule has 7 nitrogen and oxygen atoms in total. The van der Waals surface area contributed by atoms with Crippen molar-refractivity contribution < 1.29 is 27.9 Å². The number of hydrogen-bond donors (Lipinski definition) is 2. The number of aliphatic hydroxyl groups is 1. The number of nitro groups is 1. The summed E-state index contributed by atoms with van der Waals surface area (Å²) in [4.78, 5) is 12.8. The molecular formula is C20H22F3N3O4. The first kappa shape index (κ1) is 21.8. The van der Waals surface area contributed by atoms with Gasteiger partial charge in [0.15, 0.2) is 0 Å². The number of alkyl halides is 3. The van der Waals surface area contributed by atoms with Crippen LogP contribution in [-0.4, -0.2) is 40.4 Å². The fourth-order valence-electron chi connectivity index (χ4n) is 3.59. The van der Waals surface area contributed by atoms with Gasteiger partial charge in [0, 0.05) is 30.8 Å². The van der Waals surface area contributed by atoms with Crippen LogP contribution < -0.4 is 10.1 Å². The van der Waals surface area contributed by atoms with Gasteiger partial charge in [-0.1, -0.05) is 24.3 Å². The molecule has 2 aromatic carbocycles. The molecule has 0 spiro atoms. The van der Waals surface area contributed by atoms with Gasteiger partial charge in [-0.25, -0.2) is 0 Å². The highest BCUT2D eigenvalue weighted by atomic mass is 19.4. The van der Waals surface area contributed by atoms with Crippen molar-refractivity contribution in [3.8, 4) is 5.75 Å². The van der Waals surface area contributed by atoms with Crippen LogP contribution in [0.2, 0.25) is 0 Å². The lowest BCUT2D eigenvalue weighted by Gasteiger charge is -2.34. The number of nitro benzene ring substituents is 1. The van der Waals surface area contributed by atoms with E-state index in [2.05, 4.69) is 10.1 Å². The van der Waals surface area contributed by atoms with Gasteiger partial charge in [0.2, 0.25) is 0 Å². The Morgan fingerprint density at radius 1 is 1.27 bits per heavy atom. The average molecular weight is 425 g/mol. The highest BCUT2D eigenvalue weighted by Crippen LogP contribution is 2.30. The molecule has 2 N–H and O–H groups in total. The standard InChI is InChI=1S/C20H22F3N3O4/c21-20(22,23)30-19-6-2-1-4-15(19)11-25-9-3-5-16(12-25)24-17-8-7-14(13-27)10-18(17)26(28)29/h1-2,4,6-8,10,16,24,27H,3,5,9,11-13H2. The zero-order chi connectivity index (χ0) is 21.7. The second-order valence-electron chi connectivity index (χ2n) is 7.14. The third-order valence-corrected chi connectivity index (χ3v) is 4.90. The van der Waals surface area contributed by atoms with Crippen LogP contribution in [0.4, 0.5) is 24.5 Å². The maximum atomic E-state index is 12.6. The molecule has 2 aromatic rings. The van der Waals surface area contributed by atoms with Gasteiger partial charge in [0.1, 0.15) is 11.4 Å². The molecular weight excluding hydrogens is 403 g/mol. The second-order valence-corrected chi connectivity index (χ2v) is 7.14. The minimum atomic E-state index is -4.76. The highest BCUT2D eigenvalue weighted by molar-refractivity contribution is 5.63. The number of nitrogens with one attached hydrogen (secondary N) is 1. The minimum absolute atomic E-state index is 0.104. The van der Waals surface area contributed by atoms with E-state index in [-0.39, 0.29) is 30.6 Å². The largest absolute Gasteiger partial charge is 0.573 e. The molecule has 10 heteroatoms. The number of hydrogen-bond acceptors (Lipinski definition) is 6. The van der Waals surface area contributed by atoms with E-state index in [4.69, 9.17) is 0 Å². The van der Waals surface area contributed by atoms with Crippen LogP contribution in [-0.2, 0) is 13.2 Å². The molecule has 0 saturated carbocycles. The normalized spacial score (nSPS) is 17.5. The summed E-state index contributed by atoms with van der Waals surface area (Å²) >= 11 is 0. The summed E-state index contributed by atoms with van der Waals surface area (Å²) in [6.45, 7) is 1.19. The van der Waals surface area contributed by atoms with E-state index in [1.54, 1.807) is 24.3 Å². The van der Waals surface area contributed by atoms with Gasteiger partial charge in [0.25, 0.3) is 5.69 Å². The number of ether oxygens (including phenoxy) is 1. The first-order valence-electron chi connectivity index (χ1n) is 9.46. The Labute approximate surface area is 171 Å². The van der Waals surface area contributed by atoms with Crippen LogP contribution in [0.1, 0.15) is 24.0 Å². The molecule has 0 bridgehead atoms. The number of halogens is 3. The van der Waals surface area contributed by atoms with Crippen molar-refractivity contribution in [2.75, 3.05) is 18.4 Å². The number of piperidine rings is 1. The van der Waals surface area contributed by atoms with E-state index in [9.17, 15) is 28.4 Å². The number of para-hydroxylation sites is 1. The van der Waals surface area contributed by atoms with E-state index < -0.39 is 11.3 Å². The molecule has 0 radical (unpaired) electrons. The van der Waals surface area contributed by atoms with Crippen molar-refractivity contribution >= 4 is 11.4 Å². The van der Waals surface area contributed by atoms with Gasteiger partial charge in [-0.15, -0.1) is 13.2 Å². The van der Waals surface area contributed by atoms with Gasteiger partial charge in [0.05, 0.1) is 11.5 Å². The monoisotopic (exact) mass is 425 g/mol. The van der Waals surface area contributed by atoms with Gasteiger partial charge in [-0.2, -0.15) is 0 Å². The van der Waals surface area contributed by atoms with Crippen LogP contribution in [0.15, 0.2) is 42.5 Å². The molecule has 30 heavy (non-hydrogen) atoms. The van der Waals surface area contributed by atoms with Crippen LogP contribution in [0.3, 0.4) is 0 Å². The third-order valence-electron chi connectivity index (χ3n) is 4.90. The Morgan fingerprint density at radius 2 is 2.03 bits per heavy atom. The molecule has 1 aliphatic rings. The Kier molecular flexibility index (Phi) is 6.78. The first-order chi connectivity index (χ1) is 14.2. The second kappa shape index (κ2) is 9.31. The van der Waals surface area contributed by atoms with Gasteiger partial charge in [-0.05, 0) is 37.1 Å². The summed E-state index contributed by atoms with van der Waals surface area (Å²) in [5, 5.41) is 23.7. The van der Waals surface area contributed by atoms with E-state index in [1.165, 1.54) is 18.2 Å². The molecule has 162 valence electrons. The van der Waals surface area contributed by atoms with Crippen molar-refractivity contribution in [3.63, 3.8) is 0 Å². The van der Waals surface area contributed by atoms with Crippen molar-refractivity contribution in [1.29, 1.82) is 0 Å². The lowest BCUT2D eigenvalue weighted by atomic mass is 10.0. The summed E-state index contributed by atoms with van der Waals surface area (Å²) in [5.74, 6) is -0.227. The van der Waals surface area contributed by atoms with Crippen LogP contribution in [0.5, 0.6) is 5.75 Å². The van der Waals surface area contributed by atoms with Crippen molar-refractivity contribution in [3.05, 3.63) is 63.7 Å². The van der Waals surface area contributed by atoms with E-state index in [0.717, 1.165) is 12.8 Å². The summed E-state index contributed by atoms with van der Waals surface area (Å²) in [6.07, 6.45) is -3.19. The molecule has 1 aliphatic heterocycles. The lowest BCUT2D eigenvalue weighted by molar-refractivity contribution is -0.384. The van der Waals surface area contributed by atoms with Crippen LogP contribution in [0, 0.1) is 10.1 Å². The third kappa shape index (κ3) is 5.83. The molecule has 0 aromatic heterocycles. The molecule has 1 unspecified atom stereocenters. The van der Waals surface area contributed by atoms with Gasteiger partial charge < -0.3 is 15.2 Å². The smallest absolute Gasteiger partial charge is 0.405 e. The molecule has 0 aliphatic carbocycles. The summed E-state index contributed by atoms with van der Waals surface area (Å²) < 4.78 is 42.1. The average Bonchev–Trinajstić information content (AvgIpc) is 2.69. The van der Waals surface area contributed by atoms with E-state index in [1.807, 2.05) is 4.90 Å². The first-order valence-corrected chi connectivity index (χ1v) is 9.46. The van der Waals surface area contributed by atoms with Crippen LogP contribution >= 0.6 is 0 Å². The minimum Gasteiger partial charge on any atom is -0.405 e. The molecule has 1 fully saturated rings. The molecule has 1 atom stereocenters. The molecule has 3 rings (SSSR count). The zero-order valence-corrected chi connectivity index (χ0v) is 16.1. The maximum Gasteiger partial charge on any atom is 0.573 e. The highest BCUT2D eigenvalue weighted by Gasteiger charge is 2.32. The van der Waals surface area contributed by atoms with E-state index in [0.29, 0.717) is 29.9 Å². The predicted octanol–water partition coefficient (Wildman–Crippen LogP) is 4.06. The summed E-state index contributed by atoms with van der Waals surface area (Å²) in [7, 11) is 0. The summed E-state index contributed by atoms with van der Waals surface area (Å²) in [5.41, 5.74) is 1.10. The molecule has 0 amide bonds. The van der Waals surface area contributed by atoms with Gasteiger partial charge >= 0.3 is 6.36 Å².